The van der Waals surface area contributed by atoms with Gasteiger partial charge in [0, 0.05) is 19.7 Å². The van der Waals surface area contributed by atoms with E-state index in [0.29, 0.717) is 29.0 Å². The molecule has 3 N–H and O–H groups in total. The van der Waals surface area contributed by atoms with Crippen LogP contribution in [0.2, 0.25) is 0 Å². The molecule has 1 unspecified atom stereocenters. The number of carbonyl (C=O) groups is 2. The Hall–Kier alpha value is -3.37. The molecule has 1 atom stereocenters. The highest BCUT2D eigenvalue weighted by molar-refractivity contribution is 5.92. The van der Waals surface area contributed by atoms with Crippen molar-refractivity contribution in [3.63, 3.8) is 0 Å². The minimum Gasteiger partial charge on any atom is -0.349 e. The molecular formula is C21H25F3N6O2. The summed E-state index contributed by atoms with van der Waals surface area (Å²) in [4.78, 5) is 31.8. The number of rotatable bonds is 9. The molecule has 0 bridgehead atoms. The van der Waals surface area contributed by atoms with Crippen LogP contribution < -0.4 is 10.6 Å². The van der Waals surface area contributed by atoms with Crippen molar-refractivity contribution < 1.29 is 22.8 Å². The number of alkyl halides is 3. The third-order valence-electron chi connectivity index (χ3n) is 4.98. The van der Waals surface area contributed by atoms with Crippen LogP contribution in [0.15, 0.2) is 30.5 Å². The van der Waals surface area contributed by atoms with Crippen LogP contribution in [0, 0.1) is 0 Å². The van der Waals surface area contributed by atoms with Gasteiger partial charge in [0.05, 0.1) is 30.0 Å². The highest BCUT2D eigenvalue weighted by Gasteiger charge is 2.28. The first kappa shape index (κ1) is 23.3. The van der Waals surface area contributed by atoms with Gasteiger partial charge < -0.3 is 15.6 Å². The Labute approximate surface area is 182 Å². The third-order valence-corrected chi connectivity index (χ3v) is 4.98. The van der Waals surface area contributed by atoms with Gasteiger partial charge >= 0.3 is 6.18 Å². The number of nitrogens with one attached hydrogen (secondary N) is 3. The number of aromatic amines is 1. The highest BCUT2D eigenvalue weighted by Crippen LogP contribution is 2.25. The van der Waals surface area contributed by atoms with Crippen molar-refractivity contribution in [3.05, 3.63) is 47.5 Å². The number of hydrogen-bond donors (Lipinski definition) is 3. The number of amides is 2. The van der Waals surface area contributed by atoms with Crippen LogP contribution in [0.4, 0.5) is 13.2 Å². The number of fused-ring (bicyclic) bond motifs is 1. The average molecular weight is 450 g/mol. The minimum atomic E-state index is -4.37. The zero-order chi connectivity index (χ0) is 23.3. The van der Waals surface area contributed by atoms with E-state index in [-0.39, 0.29) is 12.5 Å². The summed E-state index contributed by atoms with van der Waals surface area (Å²) in [7, 11) is 1.67. The number of hydrogen-bond acceptors (Lipinski definition) is 4. The summed E-state index contributed by atoms with van der Waals surface area (Å²) in [5.74, 6) is -0.367. The molecule has 0 aliphatic heterocycles. The molecule has 11 heteroatoms. The predicted octanol–water partition coefficient (Wildman–Crippen LogP) is 3.53. The number of nitrogens with zero attached hydrogens (tertiary/aromatic N) is 3. The monoisotopic (exact) mass is 450 g/mol. The van der Waals surface area contributed by atoms with Crippen LogP contribution >= 0.6 is 0 Å². The quantitative estimate of drug-likeness (QED) is 0.464. The van der Waals surface area contributed by atoms with Gasteiger partial charge in [-0.25, -0.2) is 4.98 Å². The molecule has 3 aromatic rings. The van der Waals surface area contributed by atoms with Gasteiger partial charge in [-0.05, 0) is 30.2 Å². The fourth-order valence-corrected chi connectivity index (χ4v) is 3.36. The SMILES string of the molecule is CCCC(NC(=O)CCC(F)(F)F)c1ccc2nc(CNC(=O)c3ccnn3C)[nH]c2c1. The highest BCUT2D eigenvalue weighted by atomic mass is 19.4. The van der Waals surface area contributed by atoms with Gasteiger partial charge in [-0.3, -0.25) is 14.3 Å². The Morgan fingerprint density at radius 1 is 1.25 bits per heavy atom. The van der Waals surface area contributed by atoms with Crippen molar-refractivity contribution in [2.75, 3.05) is 0 Å². The number of aromatic nitrogens is 4. The summed E-state index contributed by atoms with van der Waals surface area (Å²) in [5, 5.41) is 9.43. The Balaban J connectivity index is 1.68. The summed E-state index contributed by atoms with van der Waals surface area (Å²) in [6, 6.07) is 6.60. The van der Waals surface area contributed by atoms with E-state index in [1.54, 1.807) is 25.2 Å². The molecule has 3 rings (SSSR count). The molecule has 0 radical (unpaired) electrons. The molecular weight excluding hydrogens is 425 g/mol. The van der Waals surface area contributed by atoms with Crippen LogP contribution in [0.5, 0.6) is 0 Å². The zero-order valence-corrected chi connectivity index (χ0v) is 17.8. The Kier molecular flexibility index (Phi) is 7.16. The lowest BCUT2D eigenvalue weighted by atomic mass is 10.0. The zero-order valence-electron chi connectivity index (χ0n) is 17.8. The fraction of sp³-hybridized carbons (Fsp3) is 0.429. The van der Waals surface area contributed by atoms with Gasteiger partial charge in [-0.15, -0.1) is 0 Å². The first-order chi connectivity index (χ1) is 15.2. The van der Waals surface area contributed by atoms with E-state index < -0.39 is 31.0 Å². The Bertz CT molecular complexity index is 1090. The van der Waals surface area contributed by atoms with Crippen molar-refractivity contribution in [3.8, 4) is 0 Å². The largest absolute Gasteiger partial charge is 0.389 e. The molecule has 172 valence electrons. The fourth-order valence-electron chi connectivity index (χ4n) is 3.36. The second-order valence-corrected chi connectivity index (χ2v) is 7.51. The summed E-state index contributed by atoms with van der Waals surface area (Å²) >= 11 is 0. The first-order valence-electron chi connectivity index (χ1n) is 10.3. The number of carbonyl (C=O) groups excluding carboxylic acids is 2. The number of aryl methyl sites for hydroxylation is 1. The van der Waals surface area contributed by atoms with Crippen molar-refractivity contribution >= 4 is 22.8 Å². The van der Waals surface area contributed by atoms with Gasteiger partial charge in [0.25, 0.3) is 5.91 Å². The normalized spacial score (nSPS) is 12.7. The van der Waals surface area contributed by atoms with E-state index in [4.69, 9.17) is 0 Å². The smallest absolute Gasteiger partial charge is 0.349 e. The van der Waals surface area contributed by atoms with E-state index in [2.05, 4.69) is 25.7 Å². The maximum atomic E-state index is 12.4. The summed E-state index contributed by atoms with van der Waals surface area (Å²) in [5.41, 5.74) is 2.58. The molecule has 0 aliphatic carbocycles. The van der Waals surface area contributed by atoms with Crippen LogP contribution in [0.3, 0.4) is 0 Å². The number of imidazole rings is 1. The summed E-state index contributed by atoms with van der Waals surface area (Å²) in [6.07, 6.45) is -3.25. The minimum absolute atomic E-state index is 0.181. The van der Waals surface area contributed by atoms with Gasteiger partial charge in [0.1, 0.15) is 11.5 Å². The molecule has 2 amide bonds. The van der Waals surface area contributed by atoms with E-state index in [1.807, 2.05) is 13.0 Å². The Morgan fingerprint density at radius 3 is 2.69 bits per heavy atom. The van der Waals surface area contributed by atoms with Crippen molar-refractivity contribution in [2.45, 2.75) is 51.4 Å². The molecule has 2 aromatic heterocycles. The van der Waals surface area contributed by atoms with Crippen LogP contribution in [-0.4, -0.2) is 37.7 Å². The van der Waals surface area contributed by atoms with Gasteiger partial charge in [0.15, 0.2) is 0 Å². The molecule has 0 saturated carbocycles. The number of halogens is 3. The lowest BCUT2D eigenvalue weighted by molar-refractivity contribution is -0.144. The predicted molar refractivity (Wildman–Crippen MR) is 112 cm³/mol. The maximum Gasteiger partial charge on any atom is 0.389 e. The molecule has 8 nitrogen and oxygen atoms in total. The molecule has 0 spiro atoms. The van der Waals surface area contributed by atoms with Crippen LogP contribution in [0.25, 0.3) is 11.0 Å². The molecule has 32 heavy (non-hydrogen) atoms. The maximum absolute atomic E-state index is 12.4. The summed E-state index contributed by atoms with van der Waals surface area (Å²) in [6.45, 7) is 2.12. The molecule has 0 saturated heterocycles. The second kappa shape index (κ2) is 9.84. The summed E-state index contributed by atoms with van der Waals surface area (Å²) < 4.78 is 38.6. The average Bonchev–Trinajstić information content (AvgIpc) is 3.34. The van der Waals surface area contributed by atoms with Crippen LogP contribution in [-0.2, 0) is 18.4 Å². The third kappa shape index (κ3) is 6.08. The van der Waals surface area contributed by atoms with E-state index in [1.165, 1.54) is 10.9 Å². The lowest BCUT2D eigenvalue weighted by Crippen LogP contribution is -2.29. The number of H-pyrrole nitrogens is 1. The van der Waals surface area contributed by atoms with Crippen LogP contribution in [0.1, 0.15) is 60.5 Å². The van der Waals surface area contributed by atoms with E-state index in [0.717, 1.165) is 12.0 Å². The van der Waals surface area contributed by atoms with Gasteiger partial charge in [-0.1, -0.05) is 19.4 Å². The van der Waals surface area contributed by atoms with E-state index in [9.17, 15) is 22.8 Å². The van der Waals surface area contributed by atoms with Gasteiger partial charge in [-0.2, -0.15) is 18.3 Å². The first-order valence-corrected chi connectivity index (χ1v) is 10.3. The van der Waals surface area contributed by atoms with Crippen molar-refractivity contribution in [2.24, 2.45) is 7.05 Å². The lowest BCUT2D eigenvalue weighted by Gasteiger charge is -2.19. The molecule has 2 heterocycles. The topological polar surface area (TPSA) is 105 Å². The molecule has 0 fully saturated rings. The van der Waals surface area contributed by atoms with Gasteiger partial charge in [0.2, 0.25) is 5.91 Å². The molecule has 0 aliphatic rings. The standard InChI is InChI=1S/C21H25F3N6O2/c1-3-4-14(29-19(31)7-9-21(22,23)24)13-5-6-15-16(11-13)28-18(27-15)12-25-20(32)17-8-10-26-30(17)2/h5-6,8,10-11,14H,3-4,7,9,12H2,1-2H3,(H,25,32)(H,27,28)(H,29,31). The van der Waals surface area contributed by atoms with Crippen molar-refractivity contribution in [1.82, 2.24) is 30.4 Å². The Morgan fingerprint density at radius 2 is 2.03 bits per heavy atom. The van der Waals surface area contributed by atoms with Crippen molar-refractivity contribution in [1.29, 1.82) is 0 Å². The second-order valence-electron chi connectivity index (χ2n) is 7.51. The van der Waals surface area contributed by atoms with E-state index >= 15 is 0 Å². The number of benzene rings is 1. The molecule has 1 aromatic carbocycles.